The molecule has 0 aromatic heterocycles. The molecular formula is C22H43N2O+. The Labute approximate surface area is 156 Å². The number of hydrogen-bond acceptors (Lipinski definition) is 2. The SMILES string of the molecule is CCCCCCC/C=C/CCCCCCC1N=CC[N+]1(CC)C(C)O. The minimum Gasteiger partial charge on any atom is -0.345 e. The van der Waals surface area contributed by atoms with Crippen LogP contribution in [0.25, 0.3) is 0 Å². The molecule has 0 spiro atoms. The minimum absolute atomic E-state index is 0.276. The summed E-state index contributed by atoms with van der Waals surface area (Å²) in [6.07, 6.45) is 22.4. The van der Waals surface area contributed by atoms with Crippen molar-refractivity contribution >= 4 is 6.21 Å². The van der Waals surface area contributed by atoms with Gasteiger partial charge in [-0.15, -0.1) is 0 Å². The van der Waals surface area contributed by atoms with Crippen LogP contribution in [-0.4, -0.2) is 41.3 Å². The smallest absolute Gasteiger partial charge is 0.189 e. The Morgan fingerprint density at radius 1 is 1.00 bits per heavy atom. The number of rotatable bonds is 15. The molecule has 0 amide bonds. The number of hydrogen-bond donors (Lipinski definition) is 1. The van der Waals surface area contributed by atoms with E-state index in [-0.39, 0.29) is 12.4 Å². The van der Waals surface area contributed by atoms with Gasteiger partial charge in [0.15, 0.2) is 12.4 Å². The van der Waals surface area contributed by atoms with Gasteiger partial charge >= 0.3 is 0 Å². The lowest BCUT2D eigenvalue weighted by atomic mass is 10.1. The number of aliphatic hydroxyl groups excluding tert-OH is 1. The van der Waals surface area contributed by atoms with E-state index in [0.29, 0.717) is 0 Å². The molecule has 1 N–H and O–H groups in total. The molecular weight excluding hydrogens is 308 g/mol. The third kappa shape index (κ3) is 8.04. The van der Waals surface area contributed by atoms with Crippen LogP contribution in [0.1, 0.15) is 97.8 Å². The van der Waals surface area contributed by atoms with Crippen molar-refractivity contribution in [2.75, 3.05) is 13.1 Å². The summed E-state index contributed by atoms with van der Waals surface area (Å²) in [5.74, 6) is 0. The van der Waals surface area contributed by atoms with Gasteiger partial charge in [0.25, 0.3) is 0 Å². The first-order valence-corrected chi connectivity index (χ1v) is 10.9. The molecule has 1 heterocycles. The highest BCUT2D eigenvalue weighted by atomic mass is 16.3. The molecule has 3 unspecified atom stereocenters. The first-order chi connectivity index (χ1) is 12.2. The van der Waals surface area contributed by atoms with Crippen LogP contribution < -0.4 is 0 Å². The van der Waals surface area contributed by atoms with Gasteiger partial charge in [0.2, 0.25) is 0 Å². The quantitative estimate of drug-likeness (QED) is 0.225. The molecule has 0 bridgehead atoms. The predicted octanol–water partition coefficient (Wildman–Crippen LogP) is 5.83. The summed E-state index contributed by atoms with van der Waals surface area (Å²) >= 11 is 0. The zero-order chi connectivity index (χ0) is 18.4. The van der Waals surface area contributed by atoms with Gasteiger partial charge < -0.3 is 5.11 Å². The van der Waals surface area contributed by atoms with Crippen LogP contribution in [0.2, 0.25) is 0 Å². The second kappa shape index (κ2) is 13.5. The molecule has 146 valence electrons. The largest absolute Gasteiger partial charge is 0.345 e. The number of aliphatic imine (C=N–C) groups is 1. The van der Waals surface area contributed by atoms with E-state index in [0.717, 1.165) is 24.0 Å². The Balaban J connectivity index is 2.01. The van der Waals surface area contributed by atoms with Crippen molar-refractivity contribution in [3.05, 3.63) is 12.2 Å². The van der Waals surface area contributed by atoms with Crippen LogP contribution >= 0.6 is 0 Å². The molecule has 0 aliphatic carbocycles. The monoisotopic (exact) mass is 351 g/mol. The zero-order valence-corrected chi connectivity index (χ0v) is 17.1. The zero-order valence-electron chi connectivity index (χ0n) is 17.1. The normalized spacial score (nSPS) is 24.4. The van der Waals surface area contributed by atoms with Crippen LogP contribution in [0, 0.1) is 0 Å². The molecule has 0 aromatic carbocycles. The molecule has 0 fully saturated rings. The maximum Gasteiger partial charge on any atom is 0.189 e. The fourth-order valence-corrected chi connectivity index (χ4v) is 3.96. The summed E-state index contributed by atoms with van der Waals surface area (Å²) in [5, 5.41) is 10.2. The van der Waals surface area contributed by atoms with Crippen LogP contribution in [0.3, 0.4) is 0 Å². The van der Waals surface area contributed by atoms with Gasteiger partial charge in [-0.25, -0.2) is 4.99 Å². The lowest BCUT2D eigenvalue weighted by Crippen LogP contribution is -2.57. The van der Waals surface area contributed by atoms with Gasteiger partial charge in [-0.2, -0.15) is 0 Å². The summed E-state index contributed by atoms with van der Waals surface area (Å²) in [7, 11) is 0. The Bertz CT molecular complexity index is 378. The Kier molecular flexibility index (Phi) is 12.1. The van der Waals surface area contributed by atoms with Gasteiger partial charge in [-0.05, 0) is 39.0 Å². The minimum atomic E-state index is -0.315. The van der Waals surface area contributed by atoms with Crippen LogP contribution in [0.15, 0.2) is 17.1 Å². The van der Waals surface area contributed by atoms with Crippen molar-refractivity contribution in [2.45, 2.75) is 110 Å². The molecule has 1 rings (SSSR count). The molecule has 3 heteroatoms. The van der Waals surface area contributed by atoms with Crippen molar-refractivity contribution < 1.29 is 9.59 Å². The summed E-state index contributed by atoms with van der Waals surface area (Å²) in [5.41, 5.74) is 0. The van der Waals surface area contributed by atoms with Crippen molar-refractivity contribution in [3.63, 3.8) is 0 Å². The Hall–Kier alpha value is -0.670. The molecule has 0 saturated heterocycles. The molecule has 3 nitrogen and oxygen atoms in total. The topological polar surface area (TPSA) is 32.6 Å². The highest BCUT2D eigenvalue weighted by molar-refractivity contribution is 5.60. The van der Waals surface area contributed by atoms with Gasteiger partial charge in [0.05, 0.1) is 12.8 Å². The maximum atomic E-state index is 10.2. The lowest BCUT2D eigenvalue weighted by molar-refractivity contribution is -0.976. The first kappa shape index (κ1) is 22.4. The fourth-order valence-electron chi connectivity index (χ4n) is 3.96. The highest BCUT2D eigenvalue weighted by Gasteiger charge is 2.41. The van der Waals surface area contributed by atoms with E-state index >= 15 is 0 Å². The third-order valence-corrected chi connectivity index (χ3v) is 5.85. The Morgan fingerprint density at radius 2 is 1.60 bits per heavy atom. The molecule has 1 aliphatic rings. The van der Waals surface area contributed by atoms with E-state index in [1.54, 1.807) is 0 Å². The molecule has 0 saturated carbocycles. The van der Waals surface area contributed by atoms with E-state index in [4.69, 9.17) is 0 Å². The van der Waals surface area contributed by atoms with Gasteiger partial charge in [0, 0.05) is 13.3 Å². The van der Waals surface area contributed by atoms with Crippen LogP contribution in [-0.2, 0) is 0 Å². The van der Waals surface area contributed by atoms with Crippen molar-refractivity contribution in [2.24, 2.45) is 4.99 Å². The van der Waals surface area contributed by atoms with E-state index in [1.165, 1.54) is 70.6 Å². The highest BCUT2D eigenvalue weighted by Crippen LogP contribution is 2.26. The van der Waals surface area contributed by atoms with Crippen LogP contribution in [0.5, 0.6) is 0 Å². The Morgan fingerprint density at radius 3 is 2.16 bits per heavy atom. The van der Waals surface area contributed by atoms with Gasteiger partial charge in [-0.3, -0.25) is 4.48 Å². The number of aliphatic hydroxyl groups is 1. The van der Waals surface area contributed by atoms with E-state index in [1.807, 2.05) is 13.1 Å². The van der Waals surface area contributed by atoms with Crippen LogP contribution in [0.4, 0.5) is 0 Å². The number of quaternary nitrogens is 1. The average molecular weight is 352 g/mol. The fraction of sp³-hybridized carbons (Fsp3) is 0.864. The number of unbranched alkanes of at least 4 members (excludes halogenated alkanes) is 9. The van der Waals surface area contributed by atoms with Gasteiger partial charge in [-0.1, -0.05) is 57.6 Å². The van der Waals surface area contributed by atoms with Crippen molar-refractivity contribution in [1.29, 1.82) is 0 Å². The molecule has 25 heavy (non-hydrogen) atoms. The molecule has 1 aliphatic heterocycles. The summed E-state index contributed by atoms with van der Waals surface area (Å²) in [6, 6.07) is 0. The van der Waals surface area contributed by atoms with Gasteiger partial charge in [0.1, 0.15) is 6.54 Å². The third-order valence-electron chi connectivity index (χ3n) is 5.85. The van der Waals surface area contributed by atoms with E-state index < -0.39 is 0 Å². The molecule has 0 aromatic rings. The van der Waals surface area contributed by atoms with Crippen molar-refractivity contribution in [3.8, 4) is 0 Å². The lowest BCUT2D eigenvalue weighted by Gasteiger charge is -2.40. The molecule has 0 radical (unpaired) electrons. The second-order valence-electron chi connectivity index (χ2n) is 7.71. The summed E-state index contributed by atoms with van der Waals surface area (Å²) in [6.45, 7) is 8.22. The van der Waals surface area contributed by atoms with E-state index in [2.05, 4.69) is 31.0 Å². The first-order valence-electron chi connectivity index (χ1n) is 10.9. The summed E-state index contributed by atoms with van der Waals surface area (Å²) in [4.78, 5) is 4.65. The second-order valence-corrected chi connectivity index (χ2v) is 7.71. The number of allylic oxidation sites excluding steroid dienone is 2. The molecule has 3 atom stereocenters. The predicted molar refractivity (Wildman–Crippen MR) is 110 cm³/mol. The maximum absolute atomic E-state index is 10.2. The summed E-state index contributed by atoms with van der Waals surface area (Å²) < 4.78 is 0.737. The average Bonchev–Trinajstić information content (AvgIpc) is 3.03. The van der Waals surface area contributed by atoms with E-state index in [9.17, 15) is 5.11 Å². The van der Waals surface area contributed by atoms with Crippen molar-refractivity contribution in [1.82, 2.24) is 0 Å². The standard InChI is InChI=1S/C22H43N2O/c1-4-6-7-8-9-10-11-12-13-14-15-16-17-18-22-23-19-20-24(22,5-2)21(3)25/h11-12,19,21-22,25H,4-10,13-18,20H2,1-3H3/q+1/b12-11+. The number of nitrogens with zero attached hydrogens (tertiary/aromatic N) is 2.